The Bertz CT molecular complexity index is 956. The van der Waals surface area contributed by atoms with Crippen LogP contribution in [0.2, 0.25) is 0 Å². The Morgan fingerprint density at radius 2 is 1.40 bits per heavy atom. The van der Waals surface area contributed by atoms with Crippen LogP contribution in [0.3, 0.4) is 0 Å². The van der Waals surface area contributed by atoms with Gasteiger partial charge in [-0.05, 0) is 35.4 Å². The van der Waals surface area contributed by atoms with E-state index in [-0.39, 0.29) is 39.4 Å². The van der Waals surface area contributed by atoms with Crippen molar-refractivity contribution in [1.29, 1.82) is 0 Å². The molecule has 0 saturated heterocycles. The van der Waals surface area contributed by atoms with Gasteiger partial charge >= 0.3 is 18.1 Å². The minimum atomic E-state index is -1.04. The number of carbonyl (C=O) groups excluding carboxylic acids is 4. The SMILES string of the molecule is C.C.COC(=O)C(Cc1ccc(OC(=O)OCOC(C)=O)cc1)NC(=O)Cc1ccc(OC)cc1. The van der Waals surface area contributed by atoms with Crippen LogP contribution < -0.4 is 14.8 Å². The highest BCUT2D eigenvalue weighted by molar-refractivity contribution is 5.85. The molecule has 2 aromatic rings. The van der Waals surface area contributed by atoms with Crippen molar-refractivity contribution in [1.82, 2.24) is 5.32 Å². The number of methoxy groups -OCH3 is 2. The fourth-order valence-corrected chi connectivity index (χ4v) is 2.73. The first-order valence-corrected chi connectivity index (χ1v) is 9.87. The number of hydrogen-bond acceptors (Lipinski definition) is 9. The summed E-state index contributed by atoms with van der Waals surface area (Å²) < 4.78 is 23.9. The molecule has 0 heterocycles. The molecule has 0 spiro atoms. The lowest BCUT2D eigenvalue weighted by Crippen LogP contribution is -2.43. The van der Waals surface area contributed by atoms with Gasteiger partial charge in [0.25, 0.3) is 0 Å². The first-order chi connectivity index (χ1) is 15.8. The van der Waals surface area contributed by atoms with Gasteiger partial charge in [-0.3, -0.25) is 9.59 Å². The topological polar surface area (TPSA) is 126 Å². The van der Waals surface area contributed by atoms with Crippen LogP contribution in [-0.4, -0.2) is 51.1 Å². The summed E-state index contributed by atoms with van der Waals surface area (Å²) in [5.41, 5.74) is 1.45. The number of rotatable bonds is 10. The number of hydrogen-bond donors (Lipinski definition) is 1. The van der Waals surface area contributed by atoms with Crippen molar-refractivity contribution in [3.8, 4) is 11.5 Å². The van der Waals surface area contributed by atoms with Gasteiger partial charge in [-0.2, -0.15) is 0 Å². The largest absolute Gasteiger partial charge is 0.516 e. The molecule has 0 aromatic heterocycles. The molecule has 1 atom stereocenters. The third-order valence-electron chi connectivity index (χ3n) is 4.35. The second kappa shape index (κ2) is 15.7. The number of benzene rings is 2. The quantitative estimate of drug-likeness (QED) is 0.302. The molecule has 192 valence electrons. The Balaban J connectivity index is 0.00000578. The molecule has 1 amide bonds. The molecule has 2 aromatic carbocycles. The molecule has 0 saturated carbocycles. The standard InChI is InChI=1S/C23H25NO9.2CH4/c1-15(25)31-14-32-23(28)33-19-10-6-16(7-11-19)12-20(22(27)30-3)24-21(26)13-17-4-8-18(29-2)9-5-17;;/h4-11,20H,12-14H2,1-3H3,(H,24,26);2*1H4. The van der Waals surface area contributed by atoms with Crippen molar-refractivity contribution >= 4 is 24.0 Å². The lowest BCUT2D eigenvalue weighted by molar-refractivity contribution is -0.149. The number of ether oxygens (including phenoxy) is 5. The summed E-state index contributed by atoms with van der Waals surface area (Å²) in [6, 6.07) is 12.4. The van der Waals surface area contributed by atoms with Gasteiger partial charge in [0.1, 0.15) is 17.5 Å². The van der Waals surface area contributed by atoms with Crippen LogP contribution in [0.1, 0.15) is 32.9 Å². The van der Waals surface area contributed by atoms with E-state index in [4.69, 9.17) is 14.2 Å². The van der Waals surface area contributed by atoms with Gasteiger partial charge in [0, 0.05) is 13.3 Å². The minimum absolute atomic E-state index is 0. The zero-order valence-corrected chi connectivity index (χ0v) is 18.5. The van der Waals surface area contributed by atoms with Gasteiger partial charge in [-0.1, -0.05) is 39.1 Å². The van der Waals surface area contributed by atoms with Gasteiger partial charge in [0.05, 0.1) is 20.6 Å². The minimum Gasteiger partial charge on any atom is -0.497 e. The number of amides is 1. The number of carbonyl (C=O) groups is 4. The average molecular weight is 492 g/mol. The maximum Gasteiger partial charge on any atom is 0.516 e. The second-order valence-electron chi connectivity index (χ2n) is 6.77. The molecule has 0 aliphatic heterocycles. The smallest absolute Gasteiger partial charge is 0.497 e. The zero-order chi connectivity index (χ0) is 24.2. The molecule has 10 heteroatoms. The van der Waals surface area contributed by atoms with Crippen LogP contribution in [-0.2, 0) is 41.4 Å². The van der Waals surface area contributed by atoms with E-state index in [1.165, 1.54) is 26.2 Å². The van der Waals surface area contributed by atoms with Gasteiger partial charge in [-0.25, -0.2) is 9.59 Å². The van der Waals surface area contributed by atoms with Crippen LogP contribution in [0.15, 0.2) is 48.5 Å². The molecule has 2 rings (SSSR count). The average Bonchev–Trinajstić information content (AvgIpc) is 2.79. The molecule has 10 nitrogen and oxygen atoms in total. The van der Waals surface area contributed by atoms with Crippen LogP contribution in [0.25, 0.3) is 0 Å². The molecule has 0 aliphatic rings. The Kier molecular flexibility index (Phi) is 13.9. The maximum absolute atomic E-state index is 12.4. The summed E-state index contributed by atoms with van der Waals surface area (Å²) in [5.74, 6) is -0.664. The Labute approximate surface area is 205 Å². The Hall–Kier alpha value is -4.08. The van der Waals surface area contributed by atoms with Gasteiger partial charge in [-0.15, -0.1) is 0 Å². The van der Waals surface area contributed by atoms with Crippen molar-refractivity contribution in [2.75, 3.05) is 21.0 Å². The van der Waals surface area contributed by atoms with E-state index < -0.39 is 30.9 Å². The van der Waals surface area contributed by atoms with Crippen molar-refractivity contribution in [3.63, 3.8) is 0 Å². The molecule has 35 heavy (non-hydrogen) atoms. The summed E-state index contributed by atoms with van der Waals surface area (Å²) in [5, 5.41) is 2.68. The summed E-state index contributed by atoms with van der Waals surface area (Å²) in [7, 11) is 2.79. The fourth-order valence-electron chi connectivity index (χ4n) is 2.73. The number of esters is 2. The predicted octanol–water partition coefficient (Wildman–Crippen LogP) is 3.45. The van der Waals surface area contributed by atoms with E-state index in [9.17, 15) is 19.2 Å². The van der Waals surface area contributed by atoms with Crippen molar-refractivity contribution in [2.24, 2.45) is 0 Å². The fraction of sp³-hybridized carbons (Fsp3) is 0.360. The highest BCUT2D eigenvalue weighted by atomic mass is 16.8. The van der Waals surface area contributed by atoms with Gasteiger partial charge in [0.2, 0.25) is 12.7 Å². The van der Waals surface area contributed by atoms with E-state index in [1.54, 1.807) is 43.5 Å². The monoisotopic (exact) mass is 491 g/mol. The number of nitrogens with one attached hydrogen (secondary N) is 1. The van der Waals surface area contributed by atoms with Crippen molar-refractivity contribution in [2.45, 2.75) is 40.7 Å². The molecular formula is C25H33NO9. The van der Waals surface area contributed by atoms with E-state index >= 15 is 0 Å². The van der Waals surface area contributed by atoms with Crippen LogP contribution >= 0.6 is 0 Å². The normalized spacial score (nSPS) is 10.4. The van der Waals surface area contributed by atoms with E-state index in [0.29, 0.717) is 11.3 Å². The molecule has 0 aliphatic carbocycles. The van der Waals surface area contributed by atoms with Crippen molar-refractivity contribution < 1.29 is 42.9 Å². The molecule has 1 N–H and O–H groups in total. The summed E-state index contributed by atoms with van der Waals surface area (Å²) in [6.07, 6.45) is -0.792. The van der Waals surface area contributed by atoms with Crippen LogP contribution in [0, 0.1) is 0 Å². The van der Waals surface area contributed by atoms with E-state index in [0.717, 1.165) is 5.56 Å². The van der Waals surface area contributed by atoms with Crippen LogP contribution in [0.4, 0.5) is 4.79 Å². The third kappa shape index (κ3) is 11.1. The predicted molar refractivity (Wildman–Crippen MR) is 128 cm³/mol. The van der Waals surface area contributed by atoms with Gasteiger partial charge in [0.15, 0.2) is 0 Å². The maximum atomic E-state index is 12.4. The summed E-state index contributed by atoms with van der Waals surface area (Å²) in [6.45, 7) is 0.625. The Morgan fingerprint density at radius 3 is 1.94 bits per heavy atom. The highest BCUT2D eigenvalue weighted by Gasteiger charge is 2.22. The molecular weight excluding hydrogens is 458 g/mol. The van der Waals surface area contributed by atoms with Gasteiger partial charge < -0.3 is 29.0 Å². The molecule has 0 bridgehead atoms. The third-order valence-corrected chi connectivity index (χ3v) is 4.35. The van der Waals surface area contributed by atoms with Crippen molar-refractivity contribution in [3.05, 3.63) is 59.7 Å². The summed E-state index contributed by atoms with van der Waals surface area (Å²) >= 11 is 0. The highest BCUT2D eigenvalue weighted by Crippen LogP contribution is 2.15. The first-order valence-electron chi connectivity index (χ1n) is 9.87. The first kappa shape index (κ1) is 30.9. The van der Waals surface area contributed by atoms with E-state index in [2.05, 4.69) is 14.8 Å². The lowest BCUT2D eigenvalue weighted by Gasteiger charge is -2.17. The Morgan fingerprint density at radius 1 is 0.829 bits per heavy atom. The molecule has 0 fully saturated rings. The van der Waals surface area contributed by atoms with Crippen LogP contribution in [0.5, 0.6) is 11.5 Å². The second-order valence-corrected chi connectivity index (χ2v) is 6.77. The molecule has 0 radical (unpaired) electrons. The lowest BCUT2D eigenvalue weighted by atomic mass is 10.0. The summed E-state index contributed by atoms with van der Waals surface area (Å²) in [4.78, 5) is 46.8. The zero-order valence-electron chi connectivity index (χ0n) is 18.5. The van der Waals surface area contributed by atoms with E-state index in [1.807, 2.05) is 0 Å². The molecule has 1 unspecified atom stereocenters.